The Morgan fingerprint density at radius 1 is 1.00 bits per heavy atom. The Hall–Kier alpha value is -1.31. The largest absolute Gasteiger partial charge is 0.435 e. The molecule has 140 valence electrons. The Morgan fingerprint density at radius 2 is 1.64 bits per heavy atom. The first kappa shape index (κ1) is 18.5. The van der Waals surface area contributed by atoms with E-state index in [1.165, 1.54) is 6.07 Å². The molecular weight excluding hydrogens is 351 g/mol. The minimum atomic E-state index is -6.07. The molecule has 0 saturated carbocycles. The van der Waals surface area contributed by atoms with E-state index in [9.17, 15) is 30.7 Å². The van der Waals surface area contributed by atoms with Crippen molar-refractivity contribution in [1.82, 2.24) is 4.90 Å². The fraction of sp³-hybridized carbons (Fsp3) is 0.647. The second-order valence-corrected chi connectivity index (χ2v) is 6.70. The number of rotatable bonds is 2. The molecule has 1 unspecified atom stereocenters. The first-order valence-corrected chi connectivity index (χ1v) is 8.20. The van der Waals surface area contributed by atoms with Gasteiger partial charge in [-0.15, -0.1) is 0 Å². The summed E-state index contributed by atoms with van der Waals surface area (Å²) in [7, 11) is 0. The summed E-state index contributed by atoms with van der Waals surface area (Å²) in [5, 5.41) is 0. The topological polar surface area (TPSA) is 3.24 Å². The average Bonchev–Trinajstić information content (AvgIpc) is 2.94. The van der Waals surface area contributed by atoms with E-state index in [1.54, 1.807) is 0 Å². The number of likely N-dealkylation sites (N-methyl/N-ethyl adjacent to an activating group) is 1. The summed E-state index contributed by atoms with van der Waals surface area (Å²) in [5.74, 6) is 0.0866. The molecule has 25 heavy (non-hydrogen) atoms. The number of aryl methyl sites for hydroxylation is 1. The third-order valence-electron chi connectivity index (χ3n) is 5.50. The normalized spacial score (nSPS) is 25.0. The third-order valence-corrected chi connectivity index (χ3v) is 5.50. The highest BCUT2D eigenvalue weighted by molar-refractivity contribution is 5.41. The number of likely N-dealkylation sites (tertiary alicyclic amines) is 1. The van der Waals surface area contributed by atoms with Crippen molar-refractivity contribution in [3.63, 3.8) is 0 Å². The molecule has 1 fully saturated rings. The van der Waals surface area contributed by atoms with Crippen molar-refractivity contribution in [2.24, 2.45) is 0 Å². The Labute approximate surface area is 140 Å². The smallest absolute Gasteiger partial charge is 0.300 e. The van der Waals surface area contributed by atoms with Gasteiger partial charge >= 0.3 is 18.0 Å². The molecule has 1 aromatic rings. The summed E-state index contributed by atoms with van der Waals surface area (Å²) >= 11 is 0. The predicted octanol–water partition coefficient (Wildman–Crippen LogP) is 5.10. The van der Waals surface area contributed by atoms with Crippen molar-refractivity contribution >= 4 is 0 Å². The van der Waals surface area contributed by atoms with Crippen molar-refractivity contribution in [2.75, 3.05) is 13.1 Å². The standard InChI is InChI=1S/C17H18F7N/c1-2-25-8-7-13-12-5-4-11(9-10(12)3-6-14(13)25)15(18,16(19,20)21)17(22,23)24/h4-5,9,13-14H,2-3,6-8H2,1H3/t13-,14?/m0/s1. The summed E-state index contributed by atoms with van der Waals surface area (Å²) in [5.41, 5.74) is -5.58. The number of benzene rings is 1. The van der Waals surface area contributed by atoms with Gasteiger partial charge in [-0.1, -0.05) is 25.1 Å². The summed E-state index contributed by atoms with van der Waals surface area (Å²) in [6.45, 7) is 3.72. The monoisotopic (exact) mass is 369 g/mol. The van der Waals surface area contributed by atoms with Crippen molar-refractivity contribution in [1.29, 1.82) is 0 Å². The van der Waals surface area contributed by atoms with E-state index in [1.807, 2.05) is 6.92 Å². The molecule has 0 aromatic heterocycles. The van der Waals surface area contributed by atoms with Gasteiger partial charge in [-0.2, -0.15) is 26.3 Å². The van der Waals surface area contributed by atoms with Crippen LogP contribution in [0.4, 0.5) is 30.7 Å². The van der Waals surface area contributed by atoms with E-state index < -0.39 is 23.6 Å². The van der Waals surface area contributed by atoms with Gasteiger partial charge in [0.05, 0.1) is 0 Å². The van der Waals surface area contributed by atoms with Crippen LogP contribution in [-0.4, -0.2) is 36.4 Å². The first-order chi connectivity index (χ1) is 11.5. The predicted molar refractivity (Wildman–Crippen MR) is 78.1 cm³/mol. The minimum absolute atomic E-state index is 0.0866. The van der Waals surface area contributed by atoms with Crippen LogP contribution in [0.5, 0.6) is 0 Å². The zero-order valence-corrected chi connectivity index (χ0v) is 13.5. The second kappa shape index (κ2) is 5.86. The lowest BCUT2D eigenvalue weighted by Gasteiger charge is -2.35. The Bertz CT molecular complexity index is 635. The number of nitrogens with zero attached hydrogens (tertiary/aromatic N) is 1. The number of hydrogen-bond acceptors (Lipinski definition) is 1. The summed E-state index contributed by atoms with van der Waals surface area (Å²) < 4.78 is 91.8. The summed E-state index contributed by atoms with van der Waals surface area (Å²) in [4.78, 5) is 2.27. The molecule has 0 radical (unpaired) electrons. The van der Waals surface area contributed by atoms with E-state index in [2.05, 4.69) is 4.90 Å². The van der Waals surface area contributed by atoms with E-state index >= 15 is 0 Å². The van der Waals surface area contributed by atoms with Crippen LogP contribution in [0.3, 0.4) is 0 Å². The van der Waals surface area contributed by atoms with Crippen LogP contribution >= 0.6 is 0 Å². The van der Waals surface area contributed by atoms with Gasteiger partial charge in [0.15, 0.2) is 0 Å². The quantitative estimate of drug-likeness (QED) is 0.656. The highest BCUT2D eigenvalue weighted by Gasteiger charge is 2.73. The fourth-order valence-electron chi connectivity index (χ4n) is 4.25. The van der Waals surface area contributed by atoms with Gasteiger partial charge < -0.3 is 4.90 Å². The fourth-order valence-corrected chi connectivity index (χ4v) is 4.25. The first-order valence-electron chi connectivity index (χ1n) is 8.20. The number of fused-ring (bicyclic) bond motifs is 3. The Kier molecular flexibility index (Phi) is 4.33. The van der Waals surface area contributed by atoms with Gasteiger partial charge in [0.25, 0.3) is 0 Å². The van der Waals surface area contributed by atoms with Crippen LogP contribution in [0.2, 0.25) is 0 Å². The summed E-state index contributed by atoms with van der Waals surface area (Å²) in [6, 6.07) is 2.92. The molecule has 0 bridgehead atoms. The second-order valence-electron chi connectivity index (χ2n) is 6.70. The minimum Gasteiger partial charge on any atom is -0.300 e. The van der Waals surface area contributed by atoms with Gasteiger partial charge in [-0.25, -0.2) is 4.39 Å². The summed E-state index contributed by atoms with van der Waals surface area (Å²) in [6.07, 6.45) is -10.3. The lowest BCUT2D eigenvalue weighted by Crippen LogP contribution is -2.50. The molecule has 1 nitrogen and oxygen atoms in total. The number of alkyl halides is 7. The maximum absolute atomic E-state index is 14.2. The van der Waals surface area contributed by atoms with Gasteiger partial charge in [0.1, 0.15) is 0 Å². The van der Waals surface area contributed by atoms with E-state index in [-0.39, 0.29) is 12.0 Å². The molecule has 1 aromatic carbocycles. The molecule has 1 aliphatic heterocycles. The molecule has 2 aliphatic rings. The van der Waals surface area contributed by atoms with Crippen LogP contribution < -0.4 is 0 Å². The zero-order valence-electron chi connectivity index (χ0n) is 13.5. The molecule has 1 aliphatic carbocycles. The van der Waals surface area contributed by atoms with Crippen molar-refractivity contribution < 1.29 is 30.7 Å². The Morgan fingerprint density at radius 3 is 2.20 bits per heavy atom. The lowest BCUT2D eigenvalue weighted by atomic mass is 9.77. The average molecular weight is 369 g/mol. The highest BCUT2D eigenvalue weighted by Crippen LogP contribution is 2.54. The molecular formula is C17H18F7N. The third kappa shape index (κ3) is 2.73. The van der Waals surface area contributed by atoms with Gasteiger partial charge in [0.2, 0.25) is 0 Å². The number of hydrogen-bond donors (Lipinski definition) is 0. The molecule has 0 amide bonds. The van der Waals surface area contributed by atoms with E-state index in [0.717, 1.165) is 31.1 Å². The molecule has 0 spiro atoms. The van der Waals surface area contributed by atoms with Crippen LogP contribution in [-0.2, 0) is 12.1 Å². The van der Waals surface area contributed by atoms with Crippen molar-refractivity contribution in [3.8, 4) is 0 Å². The molecule has 1 saturated heterocycles. The molecule has 1 heterocycles. The van der Waals surface area contributed by atoms with E-state index in [4.69, 9.17) is 0 Å². The van der Waals surface area contributed by atoms with Crippen LogP contribution in [0, 0.1) is 0 Å². The molecule has 3 rings (SSSR count). The maximum atomic E-state index is 14.2. The molecule has 8 heteroatoms. The van der Waals surface area contributed by atoms with Crippen molar-refractivity contribution in [3.05, 3.63) is 34.9 Å². The van der Waals surface area contributed by atoms with Gasteiger partial charge in [-0.05, 0) is 43.5 Å². The van der Waals surface area contributed by atoms with Crippen LogP contribution in [0.15, 0.2) is 18.2 Å². The van der Waals surface area contributed by atoms with Gasteiger partial charge in [0, 0.05) is 17.5 Å². The van der Waals surface area contributed by atoms with Crippen molar-refractivity contribution in [2.45, 2.75) is 56.2 Å². The lowest BCUT2D eigenvalue weighted by molar-refractivity contribution is -0.348. The van der Waals surface area contributed by atoms with Gasteiger partial charge in [-0.3, -0.25) is 0 Å². The van der Waals surface area contributed by atoms with Crippen LogP contribution in [0.1, 0.15) is 42.4 Å². The Balaban J connectivity index is 2.03. The highest BCUT2D eigenvalue weighted by atomic mass is 19.4. The van der Waals surface area contributed by atoms with Crippen LogP contribution in [0.25, 0.3) is 0 Å². The molecule has 2 atom stereocenters. The van der Waals surface area contributed by atoms with E-state index in [0.29, 0.717) is 24.5 Å². The maximum Gasteiger partial charge on any atom is 0.435 e. The SMILES string of the molecule is CCN1CC[C@H]2c3ccc(C(F)(C(F)(F)F)C(F)(F)F)cc3CCC21. The number of halogens is 7. The molecule has 0 N–H and O–H groups in total. The zero-order chi connectivity index (χ0) is 18.6.